The van der Waals surface area contributed by atoms with Crippen molar-refractivity contribution < 1.29 is 9.84 Å². The van der Waals surface area contributed by atoms with Crippen molar-refractivity contribution in [2.45, 2.75) is 20.1 Å². The third-order valence-corrected chi connectivity index (χ3v) is 3.11. The van der Waals surface area contributed by atoms with E-state index in [0.717, 1.165) is 16.8 Å². The Morgan fingerprint density at radius 1 is 1.19 bits per heavy atom. The molecule has 0 amide bonds. The molecular formula is C17H18N2O2. The first kappa shape index (κ1) is 14.9. The Kier molecular flexibility index (Phi) is 5.19. The number of nitrogens with zero attached hydrogens (tertiary/aromatic N) is 1. The molecule has 2 aromatic carbocycles. The third kappa shape index (κ3) is 3.98. The zero-order valence-corrected chi connectivity index (χ0v) is 12.0. The highest BCUT2D eigenvalue weighted by Crippen LogP contribution is 2.23. The van der Waals surface area contributed by atoms with Crippen LogP contribution in [0.3, 0.4) is 0 Å². The van der Waals surface area contributed by atoms with Gasteiger partial charge in [0.05, 0.1) is 24.8 Å². The summed E-state index contributed by atoms with van der Waals surface area (Å²) in [7, 11) is 0. The molecule has 108 valence electrons. The highest BCUT2D eigenvalue weighted by molar-refractivity contribution is 5.51. The van der Waals surface area contributed by atoms with Crippen LogP contribution in [0.1, 0.15) is 23.6 Å². The fraction of sp³-hybridized carbons (Fsp3) is 0.235. The first-order valence-corrected chi connectivity index (χ1v) is 6.86. The van der Waals surface area contributed by atoms with Crippen LogP contribution in [0.25, 0.3) is 0 Å². The zero-order valence-electron chi connectivity index (χ0n) is 12.0. The van der Waals surface area contributed by atoms with E-state index in [1.54, 1.807) is 12.1 Å². The van der Waals surface area contributed by atoms with Crippen molar-refractivity contribution >= 4 is 5.69 Å². The zero-order chi connectivity index (χ0) is 15.1. The number of aliphatic hydroxyl groups is 1. The SMILES string of the molecule is CCOc1ccc(NCc2ccc(C#N)cc2)cc1CO. The number of hydrogen-bond acceptors (Lipinski definition) is 4. The van der Waals surface area contributed by atoms with Gasteiger partial charge < -0.3 is 15.2 Å². The van der Waals surface area contributed by atoms with Gasteiger partial charge in [-0.3, -0.25) is 0 Å². The molecule has 0 saturated carbocycles. The van der Waals surface area contributed by atoms with Gasteiger partial charge in [-0.05, 0) is 42.8 Å². The van der Waals surface area contributed by atoms with Gasteiger partial charge in [0.15, 0.2) is 0 Å². The van der Waals surface area contributed by atoms with E-state index >= 15 is 0 Å². The molecule has 0 saturated heterocycles. The lowest BCUT2D eigenvalue weighted by Gasteiger charge is -2.12. The molecule has 0 radical (unpaired) electrons. The Hall–Kier alpha value is -2.51. The molecule has 4 nitrogen and oxygen atoms in total. The van der Waals surface area contributed by atoms with Crippen molar-refractivity contribution in [1.29, 1.82) is 5.26 Å². The Morgan fingerprint density at radius 2 is 1.95 bits per heavy atom. The Balaban J connectivity index is 2.04. The number of benzene rings is 2. The number of ether oxygens (including phenoxy) is 1. The first-order chi connectivity index (χ1) is 10.3. The highest BCUT2D eigenvalue weighted by Gasteiger charge is 2.04. The van der Waals surface area contributed by atoms with Gasteiger partial charge in [-0.25, -0.2) is 0 Å². The fourth-order valence-electron chi connectivity index (χ4n) is 2.01. The molecule has 0 heterocycles. The Labute approximate surface area is 124 Å². The topological polar surface area (TPSA) is 65.3 Å². The van der Waals surface area contributed by atoms with Crippen molar-refractivity contribution in [1.82, 2.24) is 0 Å². The maximum absolute atomic E-state index is 9.37. The number of rotatable bonds is 6. The fourth-order valence-corrected chi connectivity index (χ4v) is 2.01. The second-order valence-corrected chi connectivity index (χ2v) is 4.58. The molecule has 0 unspecified atom stereocenters. The van der Waals surface area contributed by atoms with Crippen molar-refractivity contribution in [3.8, 4) is 11.8 Å². The van der Waals surface area contributed by atoms with Gasteiger partial charge in [0.1, 0.15) is 5.75 Å². The van der Waals surface area contributed by atoms with Crippen LogP contribution in [0.2, 0.25) is 0 Å². The van der Waals surface area contributed by atoms with Crippen LogP contribution < -0.4 is 10.1 Å². The summed E-state index contributed by atoms with van der Waals surface area (Å²) >= 11 is 0. The molecule has 2 rings (SSSR count). The molecule has 4 heteroatoms. The Morgan fingerprint density at radius 3 is 2.57 bits per heavy atom. The summed E-state index contributed by atoms with van der Waals surface area (Å²) in [6.45, 7) is 3.09. The van der Waals surface area contributed by atoms with Gasteiger partial charge >= 0.3 is 0 Å². The summed E-state index contributed by atoms with van der Waals surface area (Å²) < 4.78 is 5.45. The molecule has 2 aromatic rings. The first-order valence-electron chi connectivity index (χ1n) is 6.86. The van der Waals surface area contributed by atoms with Crippen molar-refractivity contribution in [2.24, 2.45) is 0 Å². The highest BCUT2D eigenvalue weighted by atomic mass is 16.5. The van der Waals surface area contributed by atoms with E-state index in [9.17, 15) is 5.11 Å². The standard InChI is InChI=1S/C17H18N2O2/c1-2-21-17-8-7-16(9-15(17)12-20)19-11-14-5-3-13(10-18)4-6-14/h3-9,19-20H,2,11-12H2,1H3. The van der Waals surface area contributed by atoms with Gasteiger partial charge in [0.25, 0.3) is 0 Å². The lowest BCUT2D eigenvalue weighted by molar-refractivity contribution is 0.267. The third-order valence-electron chi connectivity index (χ3n) is 3.11. The molecule has 21 heavy (non-hydrogen) atoms. The smallest absolute Gasteiger partial charge is 0.124 e. The van der Waals surface area contributed by atoms with E-state index < -0.39 is 0 Å². The Bertz CT molecular complexity index is 630. The van der Waals surface area contributed by atoms with Gasteiger partial charge in [0.2, 0.25) is 0 Å². The molecular weight excluding hydrogens is 264 g/mol. The largest absolute Gasteiger partial charge is 0.494 e. The van der Waals surface area contributed by atoms with Gasteiger partial charge in [-0.2, -0.15) is 5.26 Å². The number of nitrogens with one attached hydrogen (secondary N) is 1. The molecule has 2 N–H and O–H groups in total. The summed E-state index contributed by atoms with van der Waals surface area (Å²) in [5.41, 5.74) is 3.43. The van der Waals surface area contributed by atoms with Gasteiger partial charge in [-0.1, -0.05) is 12.1 Å². The van der Waals surface area contributed by atoms with Crippen LogP contribution in [0.15, 0.2) is 42.5 Å². The summed E-state index contributed by atoms with van der Waals surface area (Å²) in [5, 5.41) is 21.4. The van der Waals surface area contributed by atoms with Crippen molar-refractivity contribution in [3.05, 3.63) is 59.2 Å². The average molecular weight is 282 g/mol. The molecule has 0 atom stereocenters. The quantitative estimate of drug-likeness (QED) is 0.854. The molecule has 0 spiro atoms. The second kappa shape index (κ2) is 7.32. The van der Waals surface area contributed by atoms with Crippen LogP contribution in [-0.2, 0) is 13.2 Å². The minimum atomic E-state index is -0.0538. The predicted molar refractivity (Wildman–Crippen MR) is 82.0 cm³/mol. The number of aliphatic hydroxyl groups excluding tert-OH is 1. The van der Waals surface area contributed by atoms with Crippen LogP contribution in [-0.4, -0.2) is 11.7 Å². The summed E-state index contributed by atoms with van der Waals surface area (Å²) in [6.07, 6.45) is 0. The van der Waals surface area contributed by atoms with Crippen LogP contribution in [0.5, 0.6) is 5.75 Å². The molecule has 0 aliphatic carbocycles. The van der Waals surface area contributed by atoms with Crippen molar-refractivity contribution in [3.63, 3.8) is 0 Å². The summed E-state index contributed by atoms with van der Waals surface area (Å²) in [5.74, 6) is 0.712. The molecule has 0 fully saturated rings. The van der Waals surface area contributed by atoms with E-state index in [-0.39, 0.29) is 6.61 Å². The second-order valence-electron chi connectivity index (χ2n) is 4.58. The van der Waals surface area contributed by atoms with E-state index in [1.165, 1.54) is 0 Å². The minimum absolute atomic E-state index is 0.0538. The lowest BCUT2D eigenvalue weighted by Crippen LogP contribution is -2.02. The maximum Gasteiger partial charge on any atom is 0.124 e. The minimum Gasteiger partial charge on any atom is -0.494 e. The van der Waals surface area contributed by atoms with E-state index in [1.807, 2.05) is 37.3 Å². The monoisotopic (exact) mass is 282 g/mol. The number of hydrogen-bond donors (Lipinski definition) is 2. The number of nitriles is 1. The molecule has 0 aromatic heterocycles. The van der Waals surface area contributed by atoms with Crippen LogP contribution in [0.4, 0.5) is 5.69 Å². The van der Waals surface area contributed by atoms with E-state index in [0.29, 0.717) is 24.5 Å². The molecule has 0 bridgehead atoms. The van der Waals surface area contributed by atoms with Crippen molar-refractivity contribution in [2.75, 3.05) is 11.9 Å². The lowest BCUT2D eigenvalue weighted by atomic mass is 10.1. The molecule has 0 aliphatic rings. The van der Waals surface area contributed by atoms with E-state index in [2.05, 4.69) is 11.4 Å². The van der Waals surface area contributed by atoms with Crippen LogP contribution in [0, 0.1) is 11.3 Å². The van der Waals surface area contributed by atoms with Gasteiger partial charge in [-0.15, -0.1) is 0 Å². The summed E-state index contributed by atoms with van der Waals surface area (Å²) in [4.78, 5) is 0. The van der Waals surface area contributed by atoms with Crippen LogP contribution >= 0.6 is 0 Å². The number of anilines is 1. The predicted octanol–water partition coefficient (Wildman–Crippen LogP) is 3.06. The normalized spacial score (nSPS) is 9.95. The van der Waals surface area contributed by atoms with Gasteiger partial charge in [0, 0.05) is 17.8 Å². The maximum atomic E-state index is 9.37. The van der Waals surface area contributed by atoms with E-state index in [4.69, 9.17) is 10.00 Å². The average Bonchev–Trinajstić information content (AvgIpc) is 2.54. The molecule has 0 aliphatic heterocycles. The summed E-state index contributed by atoms with van der Waals surface area (Å²) in [6, 6.07) is 15.2.